The van der Waals surface area contributed by atoms with Crippen LogP contribution in [-0.4, -0.2) is 17.2 Å². The van der Waals surface area contributed by atoms with Gasteiger partial charge in [0.2, 0.25) is 0 Å². The first-order valence-corrected chi connectivity index (χ1v) is 5.46. The minimum absolute atomic E-state index is 0.0852. The number of carboxylic acids is 1. The number of aliphatic carboxylic acids is 1. The maximum atomic E-state index is 10.5. The number of ether oxygens (including phenoxy) is 1. The summed E-state index contributed by atoms with van der Waals surface area (Å²) >= 11 is 1.62. The maximum absolute atomic E-state index is 10.5. The summed E-state index contributed by atoms with van der Waals surface area (Å²) in [6, 6.07) is 3.94. The van der Waals surface area contributed by atoms with E-state index in [9.17, 15) is 4.79 Å². The molecule has 3 nitrogen and oxygen atoms in total. The van der Waals surface area contributed by atoms with Crippen molar-refractivity contribution in [1.82, 2.24) is 0 Å². The Labute approximate surface area is 87.3 Å². The van der Waals surface area contributed by atoms with Crippen LogP contribution >= 0.6 is 11.3 Å². The van der Waals surface area contributed by atoms with E-state index in [4.69, 9.17) is 9.84 Å². The quantitative estimate of drug-likeness (QED) is 0.791. The van der Waals surface area contributed by atoms with Gasteiger partial charge < -0.3 is 9.84 Å². The molecule has 1 unspecified atom stereocenters. The average molecular weight is 214 g/mol. The number of rotatable bonds is 6. The summed E-state index contributed by atoms with van der Waals surface area (Å²) in [4.78, 5) is 11.6. The van der Waals surface area contributed by atoms with Gasteiger partial charge in [0.25, 0.3) is 0 Å². The minimum atomic E-state index is -0.803. The number of hydrogen-bond acceptors (Lipinski definition) is 3. The smallest absolute Gasteiger partial charge is 0.305 e. The second kappa shape index (κ2) is 5.78. The van der Waals surface area contributed by atoms with E-state index in [-0.39, 0.29) is 12.5 Å². The molecule has 0 amide bonds. The van der Waals surface area contributed by atoms with E-state index in [1.807, 2.05) is 24.4 Å². The Hall–Kier alpha value is -0.870. The molecule has 0 aliphatic rings. The second-order valence-corrected chi connectivity index (χ2v) is 4.05. The molecular weight excluding hydrogens is 200 g/mol. The summed E-state index contributed by atoms with van der Waals surface area (Å²) in [5, 5.41) is 10.6. The van der Waals surface area contributed by atoms with Gasteiger partial charge in [-0.05, 0) is 17.9 Å². The van der Waals surface area contributed by atoms with Crippen LogP contribution in [0, 0.1) is 0 Å². The summed E-state index contributed by atoms with van der Waals surface area (Å²) in [6.45, 7) is 2.45. The van der Waals surface area contributed by atoms with Crippen molar-refractivity contribution in [3.8, 4) is 0 Å². The third-order valence-electron chi connectivity index (χ3n) is 1.90. The first-order chi connectivity index (χ1) is 6.72. The zero-order chi connectivity index (χ0) is 10.4. The largest absolute Gasteiger partial charge is 0.481 e. The molecule has 1 aromatic heterocycles. The summed E-state index contributed by atoms with van der Waals surface area (Å²) in [7, 11) is 0. The van der Waals surface area contributed by atoms with Crippen LogP contribution in [0.5, 0.6) is 0 Å². The molecule has 1 atom stereocenters. The van der Waals surface area contributed by atoms with Crippen molar-refractivity contribution in [1.29, 1.82) is 0 Å². The lowest BCUT2D eigenvalue weighted by Crippen LogP contribution is -2.16. The van der Waals surface area contributed by atoms with Gasteiger partial charge in [-0.15, -0.1) is 11.3 Å². The molecule has 0 saturated carbocycles. The molecule has 78 valence electrons. The Balaban J connectivity index is 2.30. The van der Waals surface area contributed by atoms with Crippen LogP contribution in [0.1, 0.15) is 24.6 Å². The van der Waals surface area contributed by atoms with Gasteiger partial charge in [-0.3, -0.25) is 4.79 Å². The van der Waals surface area contributed by atoms with Gasteiger partial charge in [0.1, 0.15) is 0 Å². The van der Waals surface area contributed by atoms with Crippen LogP contribution in [0.15, 0.2) is 17.5 Å². The molecule has 4 heteroatoms. The monoisotopic (exact) mass is 214 g/mol. The third kappa shape index (κ3) is 3.89. The number of carbonyl (C=O) groups is 1. The van der Waals surface area contributed by atoms with Crippen molar-refractivity contribution in [3.05, 3.63) is 22.4 Å². The summed E-state index contributed by atoms with van der Waals surface area (Å²) in [5.74, 6) is -0.803. The minimum Gasteiger partial charge on any atom is -0.481 e. The first-order valence-electron chi connectivity index (χ1n) is 4.58. The first kappa shape index (κ1) is 11.2. The lowest BCUT2D eigenvalue weighted by atomic mass is 10.2. The molecule has 0 aliphatic carbocycles. The molecule has 0 saturated heterocycles. The molecular formula is C10H14O3S. The van der Waals surface area contributed by atoms with Crippen molar-refractivity contribution in [2.24, 2.45) is 0 Å². The Morgan fingerprint density at radius 1 is 1.71 bits per heavy atom. The Morgan fingerprint density at radius 3 is 3.00 bits per heavy atom. The van der Waals surface area contributed by atoms with E-state index in [0.717, 1.165) is 11.3 Å². The Kier molecular flexibility index (Phi) is 4.62. The maximum Gasteiger partial charge on any atom is 0.305 e. The van der Waals surface area contributed by atoms with Gasteiger partial charge in [-0.25, -0.2) is 0 Å². The van der Waals surface area contributed by atoms with E-state index in [1.54, 1.807) is 11.3 Å². The van der Waals surface area contributed by atoms with Crippen molar-refractivity contribution in [3.63, 3.8) is 0 Å². The SMILES string of the molecule is CCC(CC(=O)O)OCc1cccs1. The second-order valence-electron chi connectivity index (χ2n) is 3.02. The highest BCUT2D eigenvalue weighted by atomic mass is 32.1. The number of thiophene rings is 1. The summed E-state index contributed by atoms with van der Waals surface area (Å²) in [6.07, 6.45) is 0.647. The molecule has 0 spiro atoms. The topological polar surface area (TPSA) is 46.5 Å². The number of carboxylic acid groups (broad SMARTS) is 1. The van der Waals surface area contributed by atoms with Gasteiger partial charge >= 0.3 is 5.97 Å². The molecule has 0 radical (unpaired) electrons. The zero-order valence-electron chi connectivity index (χ0n) is 8.10. The van der Waals surface area contributed by atoms with E-state index < -0.39 is 5.97 Å². The normalized spacial score (nSPS) is 12.6. The fourth-order valence-corrected chi connectivity index (χ4v) is 1.74. The van der Waals surface area contributed by atoms with E-state index >= 15 is 0 Å². The van der Waals surface area contributed by atoms with Gasteiger partial charge in [-0.2, -0.15) is 0 Å². The predicted octanol–water partition coefficient (Wildman–Crippen LogP) is 2.52. The fourth-order valence-electron chi connectivity index (χ4n) is 1.11. The summed E-state index contributed by atoms with van der Waals surface area (Å²) < 4.78 is 5.48. The van der Waals surface area contributed by atoms with Crippen LogP contribution in [0.2, 0.25) is 0 Å². The zero-order valence-corrected chi connectivity index (χ0v) is 8.92. The molecule has 1 heterocycles. The van der Waals surface area contributed by atoms with Gasteiger partial charge in [-0.1, -0.05) is 13.0 Å². The van der Waals surface area contributed by atoms with Gasteiger partial charge in [0.15, 0.2) is 0 Å². The molecule has 14 heavy (non-hydrogen) atoms. The Morgan fingerprint density at radius 2 is 2.50 bits per heavy atom. The summed E-state index contributed by atoms with van der Waals surface area (Å²) in [5.41, 5.74) is 0. The van der Waals surface area contributed by atoms with Crippen LogP contribution in [0.3, 0.4) is 0 Å². The van der Waals surface area contributed by atoms with Crippen molar-refractivity contribution in [2.75, 3.05) is 0 Å². The molecule has 0 fully saturated rings. The molecule has 0 aromatic carbocycles. The fraction of sp³-hybridized carbons (Fsp3) is 0.500. The highest BCUT2D eigenvalue weighted by molar-refractivity contribution is 7.09. The molecule has 1 aromatic rings. The van der Waals surface area contributed by atoms with Crippen molar-refractivity contribution >= 4 is 17.3 Å². The highest BCUT2D eigenvalue weighted by Crippen LogP contribution is 2.13. The molecule has 1 rings (SSSR count). The van der Waals surface area contributed by atoms with E-state index in [2.05, 4.69) is 0 Å². The van der Waals surface area contributed by atoms with Crippen LogP contribution in [-0.2, 0) is 16.1 Å². The standard InChI is InChI=1S/C10H14O3S/c1-2-8(6-10(11)12)13-7-9-4-3-5-14-9/h3-5,8H,2,6-7H2,1H3,(H,11,12). The molecule has 0 bridgehead atoms. The van der Waals surface area contributed by atoms with Crippen molar-refractivity contribution in [2.45, 2.75) is 32.5 Å². The van der Waals surface area contributed by atoms with E-state index in [0.29, 0.717) is 6.61 Å². The van der Waals surface area contributed by atoms with Crippen LogP contribution in [0.4, 0.5) is 0 Å². The molecule has 1 N–H and O–H groups in total. The Bertz CT molecular complexity index is 269. The van der Waals surface area contributed by atoms with Gasteiger partial charge in [0, 0.05) is 4.88 Å². The third-order valence-corrected chi connectivity index (χ3v) is 2.75. The van der Waals surface area contributed by atoms with Gasteiger partial charge in [0.05, 0.1) is 19.1 Å². The van der Waals surface area contributed by atoms with Crippen LogP contribution < -0.4 is 0 Å². The highest BCUT2D eigenvalue weighted by Gasteiger charge is 2.11. The predicted molar refractivity (Wildman–Crippen MR) is 55.4 cm³/mol. The lowest BCUT2D eigenvalue weighted by molar-refractivity contribution is -0.140. The van der Waals surface area contributed by atoms with Crippen LogP contribution in [0.25, 0.3) is 0 Å². The lowest BCUT2D eigenvalue weighted by Gasteiger charge is -2.12. The van der Waals surface area contributed by atoms with E-state index in [1.165, 1.54) is 0 Å². The van der Waals surface area contributed by atoms with Crippen molar-refractivity contribution < 1.29 is 14.6 Å². The molecule has 0 aliphatic heterocycles. The number of hydrogen-bond donors (Lipinski definition) is 1. The average Bonchev–Trinajstić information content (AvgIpc) is 2.64.